The van der Waals surface area contributed by atoms with Crippen LogP contribution in [0.25, 0.3) is 0 Å². The molecule has 0 saturated carbocycles. The molecule has 0 bridgehead atoms. The number of allylic oxidation sites excluding steroid dienone is 1. The highest BCUT2D eigenvalue weighted by Gasteiger charge is 2.24. The summed E-state index contributed by atoms with van der Waals surface area (Å²) in [6, 6.07) is 0. The van der Waals surface area contributed by atoms with Gasteiger partial charge in [-0.1, -0.05) is 0 Å². The molecule has 0 heterocycles. The van der Waals surface area contributed by atoms with Crippen LogP contribution in [-0.2, 0) is 19.1 Å². The zero-order valence-corrected chi connectivity index (χ0v) is 10.2. The van der Waals surface area contributed by atoms with Gasteiger partial charge in [0.2, 0.25) is 0 Å². The number of esters is 2. The molecular weight excluding hydrogens is 234 g/mol. The van der Waals surface area contributed by atoms with E-state index in [1.54, 1.807) is 27.7 Å². The standard InChI is InChI=1S/C11H16F2O4/c1-6(2)16-10(14)8(5-9(12)13)11(15)17-7(3)4/h5-7,9H,1-4H3. The van der Waals surface area contributed by atoms with Crippen molar-refractivity contribution in [3.8, 4) is 0 Å². The van der Waals surface area contributed by atoms with Crippen LogP contribution < -0.4 is 0 Å². The molecule has 17 heavy (non-hydrogen) atoms. The molecule has 98 valence electrons. The molecule has 0 aromatic rings. The lowest BCUT2D eigenvalue weighted by atomic mass is 10.2. The number of hydrogen-bond acceptors (Lipinski definition) is 4. The van der Waals surface area contributed by atoms with Crippen LogP contribution in [0.4, 0.5) is 8.78 Å². The predicted molar refractivity (Wildman–Crippen MR) is 56.5 cm³/mol. The first-order valence-corrected chi connectivity index (χ1v) is 5.16. The summed E-state index contributed by atoms with van der Waals surface area (Å²) in [6.07, 6.45) is -3.70. The zero-order valence-electron chi connectivity index (χ0n) is 10.2. The highest BCUT2D eigenvalue weighted by Crippen LogP contribution is 2.09. The first kappa shape index (κ1) is 15.5. The smallest absolute Gasteiger partial charge is 0.345 e. The number of halogens is 2. The number of hydrogen-bond donors (Lipinski definition) is 0. The average molecular weight is 250 g/mol. The topological polar surface area (TPSA) is 52.6 Å². The number of carbonyl (C=O) groups is 2. The van der Waals surface area contributed by atoms with Gasteiger partial charge in [0, 0.05) is 6.08 Å². The second-order valence-corrected chi connectivity index (χ2v) is 3.82. The fourth-order valence-corrected chi connectivity index (χ4v) is 0.901. The molecule has 0 atom stereocenters. The SMILES string of the molecule is CC(C)OC(=O)C(=CC(F)F)C(=O)OC(C)C. The average Bonchev–Trinajstić information content (AvgIpc) is 2.11. The van der Waals surface area contributed by atoms with Gasteiger partial charge >= 0.3 is 11.9 Å². The Morgan fingerprint density at radius 2 is 1.29 bits per heavy atom. The highest BCUT2D eigenvalue weighted by atomic mass is 19.3. The van der Waals surface area contributed by atoms with Gasteiger partial charge in [0.1, 0.15) is 5.57 Å². The lowest BCUT2D eigenvalue weighted by Gasteiger charge is -2.12. The molecule has 0 aliphatic heterocycles. The maximum atomic E-state index is 12.2. The lowest BCUT2D eigenvalue weighted by molar-refractivity contribution is -0.151. The summed E-state index contributed by atoms with van der Waals surface area (Å²) in [5.41, 5.74) is -0.776. The Hall–Kier alpha value is -1.46. The third-order valence-corrected chi connectivity index (χ3v) is 1.42. The van der Waals surface area contributed by atoms with Crippen LogP contribution in [0.5, 0.6) is 0 Å². The maximum absolute atomic E-state index is 12.2. The maximum Gasteiger partial charge on any atom is 0.345 e. The van der Waals surface area contributed by atoms with E-state index in [4.69, 9.17) is 0 Å². The molecule has 0 saturated heterocycles. The van der Waals surface area contributed by atoms with Crippen molar-refractivity contribution >= 4 is 11.9 Å². The van der Waals surface area contributed by atoms with Gasteiger partial charge in [0.05, 0.1) is 12.2 Å². The second kappa shape index (κ2) is 6.98. The van der Waals surface area contributed by atoms with Gasteiger partial charge < -0.3 is 9.47 Å². The molecule has 0 amide bonds. The summed E-state index contributed by atoms with van der Waals surface area (Å²) in [5.74, 6) is -2.21. The van der Waals surface area contributed by atoms with Gasteiger partial charge in [-0.05, 0) is 27.7 Å². The Morgan fingerprint density at radius 1 is 0.941 bits per heavy atom. The molecule has 0 aliphatic carbocycles. The van der Waals surface area contributed by atoms with E-state index in [1.807, 2.05) is 0 Å². The van der Waals surface area contributed by atoms with Gasteiger partial charge in [0.25, 0.3) is 6.43 Å². The van der Waals surface area contributed by atoms with Crippen LogP contribution in [0, 0.1) is 0 Å². The minimum Gasteiger partial charge on any atom is -0.459 e. The molecule has 0 aromatic carbocycles. The van der Waals surface area contributed by atoms with E-state index < -0.39 is 36.1 Å². The fourth-order valence-electron chi connectivity index (χ4n) is 0.901. The van der Waals surface area contributed by atoms with Crippen LogP contribution in [0.15, 0.2) is 11.6 Å². The molecular formula is C11H16F2O4. The van der Waals surface area contributed by atoms with Crippen molar-refractivity contribution in [3.63, 3.8) is 0 Å². The van der Waals surface area contributed by atoms with Gasteiger partial charge in [-0.25, -0.2) is 18.4 Å². The Morgan fingerprint density at radius 3 is 1.53 bits per heavy atom. The van der Waals surface area contributed by atoms with Crippen LogP contribution in [-0.4, -0.2) is 30.6 Å². The van der Waals surface area contributed by atoms with Crippen LogP contribution in [0.3, 0.4) is 0 Å². The largest absolute Gasteiger partial charge is 0.459 e. The van der Waals surface area contributed by atoms with Crippen LogP contribution in [0.2, 0.25) is 0 Å². The molecule has 0 spiro atoms. The van der Waals surface area contributed by atoms with E-state index >= 15 is 0 Å². The molecule has 0 N–H and O–H groups in total. The van der Waals surface area contributed by atoms with E-state index in [1.165, 1.54) is 0 Å². The van der Waals surface area contributed by atoms with Crippen molar-refractivity contribution in [1.82, 2.24) is 0 Å². The molecule has 6 heteroatoms. The third kappa shape index (κ3) is 6.65. The quantitative estimate of drug-likeness (QED) is 0.324. The third-order valence-electron chi connectivity index (χ3n) is 1.42. The number of alkyl halides is 2. The Balaban J connectivity index is 4.89. The molecule has 4 nitrogen and oxygen atoms in total. The van der Waals surface area contributed by atoms with E-state index in [0.29, 0.717) is 0 Å². The normalized spacial score (nSPS) is 10.6. The summed E-state index contributed by atoms with van der Waals surface area (Å²) in [4.78, 5) is 22.8. The fraction of sp³-hybridized carbons (Fsp3) is 0.636. The van der Waals surface area contributed by atoms with Crippen molar-refractivity contribution in [2.45, 2.75) is 46.3 Å². The monoisotopic (exact) mass is 250 g/mol. The predicted octanol–water partition coefficient (Wildman–Crippen LogP) is 2.08. The second-order valence-electron chi connectivity index (χ2n) is 3.82. The van der Waals surface area contributed by atoms with Crippen molar-refractivity contribution in [1.29, 1.82) is 0 Å². The first-order valence-electron chi connectivity index (χ1n) is 5.16. The lowest BCUT2D eigenvalue weighted by Crippen LogP contribution is -2.23. The number of ether oxygens (including phenoxy) is 2. The summed E-state index contributed by atoms with van der Waals surface area (Å²) in [7, 11) is 0. The van der Waals surface area contributed by atoms with Gasteiger partial charge in [-0.15, -0.1) is 0 Å². The Bertz CT molecular complexity index is 285. The highest BCUT2D eigenvalue weighted by molar-refractivity contribution is 6.14. The molecule has 0 aliphatic rings. The van der Waals surface area contributed by atoms with Crippen molar-refractivity contribution in [3.05, 3.63) is 11.6 Å². The molecule has 0 rings (SSSR count). The molecule has 0 unspecified atom stereocenters. The minimum atomic E-state index is -2.93. The number of rotatable bonds is 5. The molecule has 0 radical (unpaired) electrons. The van der Waals surface area contributed by atoms with Gasteiger partial charge in [0.15, 0.2) is 0 Å². The van der Waals surface area contributed by atoms with Crippen molar-refractivity contribution in [2.24, 2.45) is 0 Å². The minimum absolute atomic E-state index is 0.232. The molecule has 0 aromatic heterocycles. The van der Waals surface area contributed by atoms with Crippen LogP contribution >= 0.6 is 0 Å². The Kier molecular flexibility index (Phi) is 6.38. The van der Waals surface area contributed by atoms with Crippen molar-refractivity contribution in [2.75, 3.05) is 0 Å². The van der Waals surface area contributed by atoms with E-state index in [-0.39, 0.29) is 6.08 Å². The van der Waals surface area contributed by atoms with E-state index in [2.05, 4.69) is 9.47 Å². The molecule has 0 fully saturated rings. The van der Waals surface area contributed by atoms with E-state index in [0.717, 1.165) is 0 Å². The van der Waals surface area contributed by atoms with E-state index in [9.17, 15) is 18.4 Å². The van der Waals surface area contributed by atoms with Crippen LogP contribution in [0.1, 0.15) is 27.7 Å². The Labute approximate surface area is 98.6 Å². The van der Waals surface area contributed by atoms with Gasteiger partial charge in [-0.3, -0.25) is 0 Å². The number of carbonyl (C=O) groups excluding carboxylic acids is 2. The van der Waals surface area contributed by atoms with Crippen molar-refractivity contribution < 1.29 is 27.8 Å². The summed E-state index contributed by atoms with van der Waals surface area (Å²) in [5, 5.41) is 0. The summed E-state index contributed by atoms with van der Waals surface area (Å²) >= 11 is 0. The van der Waals surface area contributed by atoms with Gasteiger partial charge in [-0.2, -0.15) is 0 Å². The summed E-state index contributed by atoms with van der Waals surface area (Å²) in [6.45, 7) is 6.19. The first-order chi connectivity index (χ1) is 7.73. The zero-order chi connectivity index (χ0) is 13.6. The summed E-state index contributed by atoms with van der Waals surface area (Å²) < 4.78 is 33.7.